The Labute approximate surface area is 140 Å². The zero-order valence-corrected chi connectivity index (χ0v) is 13.4. The second-order valence-corrected chi connectivity index (χ2v) is 5.74. The first-order valence-corrected chi connectivity index (χ1v) is 7.88. The van der Waals surface area contributed by atoms with Gasteiger partial charge in [0.25, 0.3) is 5.89 Å². The normalized spacial score (nSPS) is 11.2. The molecule has 0 bridgehead atoms. The number of oxime groups is 1. The van der Waals surface area contributed by atoms with Gasteiger partial charge in [-0.15, -0.1) is 0 Å². The fourth-order valence-electron chi connectivity index (χ4n) is 1.63. The van der Waals surface area contributed by atoms with Crippen LogP contribution in [-0.2, 0) is 11.4 Å². The third-order valence-corrected chi connectivity index (χ3v) is 4.20. The fourth-order valence-corrected chi connectivity index (χ4v) is 2.62. The van der Waals surface area contributed by atoms with Crippen LogP contribution in [-0.4, -0.2) is 16.4 Å². The molecule has 3 rings (SSSR count). The first-order chi connectivity index (χ1) is 10.7. The number of halogens is 2. The molecule has 0 unspecified atom stereocenters. The fraction of sp³-hybridized carbons (Fsp3) is 0.0714. The van der Waals surface area contributed by atoms with E-state index in [-0.39, 0.29) is 6.61 Å². The van der Waals surface area contributed by atoms with Crippen molar-refractivity contribution in [2.45, 2.75) is 6.61 Å². The van der Waals surface area contributed by atoms with Crippen molar-refractivity contribution in [2.75, 3.05) is 0 Å². The van der Waals surface area contributed by atoms with Crippen LogP contribution in [0.4, 0.5) is 0 Å². The Morgan fingerprint density at radius 3 is 3.05 bits per heavy atom. The number of aromatic nitrogens is 2. The lowest BCUT2D eigenvalue weighted by Crippen LogP contribution is -1.89. The molecule has 0 spiro atoms. The molecule has 112 valence electrons. The van der Waals surface area contributed by atoms with E-state index in [1.807, 2.05) is 16.8 Å². The first-order valence-electron chi connectivity index (χ1n) is 6.18. The van der Waals surface area contributed by atoms with Crippen molar-refractivity contribution in [3.8, 4) is 11.4 Å². The average molecular weight is 354 g/mol. The number of hydrogen-bond donors (Lipinski definition) is 0. The largest absolute Gasteiger partial charge is 0.386 e. The zero-order chi connectivity index (χ0) is 15.4. The van der Waals surface area contributed by atoms with Crippen LogP contribution >= 0.6 is 34.5 Å². The summed E-state index contributed by atoms with van der Waals surface area (Å²) in [5.74, 6) is 0.872. The highest BCUT2D eigenvalue weighted by molar-refractivity contribution is 7.08. The van der Waals surface area contributed by atoms with Crippen molar-refractivity contribution in [2.24, 2.45) is 5.16 Å². The minimum atomic E-state index is 0.0752. The molecule has 0 aliphatic carbocycles. The van der Waals surface area contributed by atoms with E-state index in [0.717, 1.165) is 5.56 Å². The summed E-state index contributed by atoms with van der Waals surface area (Å²) in [6, 6.07) is 7.18. The van der Waals surface area contributed by atoms with Crippen LogP contribution in [0.1, 0.15) is 11.5 Å². The molecule has 2 aromatic heterocycles. The van der Waals surface area contributed by atoms with Gasteiger partial charge in [0.05, 0.1) is 16.3 Å². The minimum absolute atomic E-state index is 0.0752. The molecule has 0 N–H and O–H groups in total. The number of thiophene rings is 1. The van der Waals surface area contributed by atoms with Crippen molar-refractivity contribution >= 4 is 40.8 Å². The van der Waals surface area contributed by atoms with Gasteiger partial charge in [-0.3, -0.25) is 0 Å². The molecule has 5 nitrogen and oxygen atoms in total. The molecule has 0 aliphatic rings. The molecular weight excluding hydrogens is 345 g/mol. The Morgan fingerprint density at radius 1 is 1.32 bits per heavy atom. The highest BCUT2D eigenvalue weighted by Crippen LogP contribution is 2.24. The summed E-state index contributed by atoms with van der Waals surface area (Å²) in [6.07, 6.45) is 1.48. The molecule has 22 heavy (non-hydrogen) atoms. The topological polar surface area (TPSA) is 60.5 Å². The lowest BCUT2D eigenvalue weighted by molar-refractivity contribution is 0.107. The van der Waals surface area contributed by atoms with Crippen LogP contribution in [0.2, 0.25) is 10.0 Å². The average Bonchev–Trinajstić information content (AvgIpc) is 3.18. The number of hydrogen-bond acceptors (Lipinski definition) is 6. The second-order valence-electron chi connectivity index (χ2n) is 4.17. The highest BCUT2D eigenvalue weighted by Gasteiger charge is 2.09. The van der Waals surface area contributed by atoms with Gasteiger partial charge in [0.1, 0.15) is 0 Å². The molecule has 8 heteroatoms. The summed E-state index contributed by atoms with van der Waals surface area (Å²) < 4.78 is 5.08. The maximum atomic E-state index is 6.03. The van der Waals surface area contributed by atoms with Gasteiger partial charge in [0.2, 0.25) is 5.82 Å². The van der Waals surface area contributed by atoms with Gasteiger partial charge in [-0.05, 0) is 17.5 Å². The van der Waals surface area contributed by atoms with Crippen LogP contribution in [0.25, 0.3) is 11.4 Å². The lowest BCUT2D eigenvalue weighted by atomic mass is 10.2. The Balaban J connectivity index is 1.59. The van der Waals surface area contributed by atoms with E-state index in [1.165, 1.54) is 6.21 Å². The summed E-state index contributed by atoms with van der Waals surface area (Å²) in [7, 11) is 0. The van der Waals surface area contributed by atoms with Crippen molar-refractivity contribution in [3.63, 3.8) is 0 Å². The molecule has 1 aromatic carbocycles. The molecule has 3 aromatic rings. The summed E-state index contributed by atoms with van der Waals surface area (Å²) in [4.78, 5) is 9.34. The smallest absolute Gasteiger partial charge is 0.267 e. The van der Waals surface area contributed by atoms with E-state index < -0.39 is 0 Å². The van der Waals surface area contributed by atoms with Crippen LogP contribution in [0, 0.1) is 0 Å². The van der Waals surface area contributed by atoms with Crippen LogP contribution in [0.3, 0.4) is 0 Å². The van der Waals surface area contributed by atoms with Gasteiger partial charge in [-0.1, -0.05) is 45.6 Å². The minimum Gasteiger partial charge on any atom is -0.386 e. The quantitative estimate of drug-likeness (QED) is 0.494. The van der Waals surface area contributed by atoms with Crippen LogP contribution < -0.4 is 0 Å². The van der Waals surface area contributed by atoms with Crippen molar-refractivity contribution in [1.29, 1.82) is 0 Å². The lowest BCUT2D eigenvalue weighted by Gasteiger charge is -1.99. The van der Waals surface area contributed by atoms with Crippen molar-refractivity contribution in [3.05, 3.63) is 56.5 Å². The Kier molecular flexibility index (Phi) is 4.72. The number of rotatable bonds is 5. The van der Waals surface area contributed by atoms with Gasteiger partial charge < -0.3 is 9.36 Å². The maximum absolute atomic E-state index is 6.03. The SMILES string of the molecule is Clc1cccc(/C=N\OCc2nc(-c3ccsc3)no2)c1Cl. The predicted molar refractivity (Wildman–Crippen MR) is 86.5 cm³/mol. The summed E-state index contributed by atoms with van der Waals surface area (Å²) in [5.41, 5.74) is 1.58. The van der Waals surface area contributed by atoms with E-state index in [1.54, 1.807) is 29.5 Å². The van der Waals surface area contributed by atoms with Gasteiger partial charge in [-0.2, -0.15) is 16.3 Å². The second kappa shape index (κ2) is 6.91. The van der Waals surface area contributed by atoms with E-state index >= 15 is 0 Å². The Bertz CT molecular complexity index is 787. The molecule has 0 atom stereocenters. The molecule has 0 amide bonds. The summed E-state index contributed by atoms with van der Waals surface area (Å²) >= 11 is 13.5. The monoisotopic (exact) mass is 353 g/mol. The molecule has 0 radical (unpaired) electrons. The molecule has 0 saturated carbocycles. The van der Waals surface area contributed by atoms with Crippen LogP contribution in [0.15, 0.2) is 44.7 Å². The molecular formula is C14H9Cl2N3O2S. The van der Waals surface area contributed by atoms with Gasteiger partial charge >= 0.3 is 0 Å². The molecule has 0 aliphatic heterocycles. The van der Waals surface area contributed by atoms with Crippen LogP contribution in [0.5, 0.6) is 0 Å². The van der Waals surface area contributed by atoms with Crippen molar-refractivity contribution in [1.82, 2.24) is 10.1 Å². The van der Waals surface area contributed by atoms with E-state index in [9.17, 15) is 0 Å². The summed E-state index contributed by atoms with van der Waals surface area (Å²) in [6.45, 7) is 0.0752. The van der Waals surface area contributed by atoms with E-state index in [2.05, 4.69) is 15.3 Å². The third-order valence-electron chi connectivity index (χ3n) is 2.68. The summed E-state index contributed by atoms with van der Waals surface area (Å²) in [5, 5.41) is 12.5. The number of nitrogens with zero attached hydrogens (tertiary/aromatic N) is 3. The molecule has 0 saturated heterocycles. The Hall–Kier alpha value is -1.89. The molecule has 0 fully saturated rings. The highest BCUT2D eigenvalue weighted by atomic mass is 35.5. The van der Waals surface area contributed by atoms with Crippen molar-refractivity contribution < 1.29 is 9.36 Å². The van der Waals surface area contributed by atoms with Gasteiger partial charge in [-0.25, -0.2) is 0 Å². The number of benzene rings is 1. The first kappa shape index (κ1) is 15.0. The molecule has 2 heterocycles. The van der Waals surface area contributed by atoms with E-state index in [4.69, 9.17) is 32.6 Å². The Morgan fingerprint density at radius 2 is 2.23 bits per heavy atom. The van der Waals surface area contributed by atoms with Gasteiger partial charge in [0.15, 0.2) is 6.61 Å². The zero-order valence-electron chi connectivity index (χ0n) is 11.1. The standard InChI is InChI=1S/C14H9Cl2N3O2S/c15-11-3-1-2-9(13(11)16)6-17-20-7-12-18-14(19-21-12)10-4-5-22-8-10/h1-6,8H,7H2/b17-6-. The van der Waals surface area contributed by atoms with Gasteiger partial charge in [0, 0.05) is 16.5 Å². The van der Waals surface area contributed by atoms with E-state index in [0.29, 0.717) is 27.3 Å². The maximum Gasteiger partial charge on any atom is 0.267 e. The predicted octanol–water partition coefficient (Wildman–Crippen LogP) is 4.66. The third kappa shape index (κ3) is 3.47.